The van der Waals surface area contributed by atoms with Crippen LogP contribution in [0.5, 0.6) is 0 Å². The minimum atomic E-state index is -4.28. The van der Waals surface area contributed by atoms with Crippen molar-refractivity contribution >= 4 is 39.7 Å². The van der Waals surface area contributed by atoms with Crippen LogP contribution < -0.4 is 20.1 Å². The Balaban J connectivity index is 1.53. The second-order valence-corrected chi connectivity index (χ2v) is 13.5. The number of para-hydroxylation sites is 1. The van der Waals surface area contributed by atoms with Crippen molar-refractivity contribution in [2.75, 3.05) is 11.3 Å². The molecule has 1 unspecified atom stereocenters. The molecule has 0 bridgehead atoms. The zero-order valence-electron chi connectivity index (χ0n) is 24.4. The first-order chi connectivity index (χ1) is 19.8. The fraction of sp³-hybridized carbons (Fsp3) is 0.586. The van der Waals surface area contributed by atoms with Crippen LogP contribution in [0.3, 0.4) is 0 Å². The van der Waals surface area contributed by atoms with E-state index in [1.54, 1.807) is 51.1 Å². The molecule has 4 N–H and O–H groups in total. The third kappa shape index (κ3) is 8.02. The predicted molar refractivity (Wildman–Crippen MR) is 156 cm³/mol. The smallest absolute Gasteiger partial charge is 0.408 e. The number of nitrogens with zero attached hydrogens (tertiary/aromatic N) is 1. The highest BCUT2D eigenvalue weighted by molar-refractivity contribution is 7.91. The average molecular weight is 604 g/mol. The molecule has 1 aromatic rings. The van der Waals surface area contributed by atoms with E-state index < -0.39 is 57.3 Å². The van der Waals surface area contributed by atoms with Crippen LogP contribution in [0.25, 0.3) is 0 Å². The highest BCUT2D eigenvalue weighted by Crippen LogP contribution is 2.45. The topological polar surface area (TPSA) is 163 Å². The maximum atomic E-state index is 13.7. The van der Waals surface area contributed by atoms with Crippen molar-refractivity contribution in [1.82, 2.24) is 20.3 Å². The lowest BCUT2D eigenvalue weighted by Crippen LogP contribution is -2.58. The third-order valence-corrected chi connectivity index (χ3v) is 8.54. The van der Waals surface area contributed by atoms with Crippen molar-refractivity contribution in [3.05, 3.63) is 42.5 Å². The Morgan fingerprint density at radius 2 is 1.79 bits per heavy atom. The van der Waals surface area contributed by atoms with Crippen molar-refractivity contribution in [3.63, 3.8) is 0 Å². The molecule has 4 atom stereocenters. The highest BCUT2D eigenvalue weighted by atomic mass is 32.2. The molecular formula is C29H41N5O7S. The number of anilines is 1. The monoisotopic (exact) mass is 603 g/mol. The molecule has 0 spiro atoms. The molecule has 0 aromatic heterocycles. The number of nitrogens with one attached hydrogen (secondary N) is 4. The Labute approximate surface area is 247 Å². The molecule has 1 aliphatic carbocycles. The van der Waals surface area contributed by atoms with E-state index in [0.29, 0.717) is 38.6 Å². The lowest BCUT2D eigenvalue weighted by Gasteiger charge is -2.30. The first kappa shape index (κ1) is 31.3. The molecule has 4 rings (SSSR count). The van der Waals surface area contributed by atoms with E-state index in [-0.39, 0.29) is 18.0 Å². The fourth-order valence-corrected chi connectivity index (χ4v) is 6.37. The lowest BCUT2D eigenvalue weighted by atomic mass is 10.0. The number of rotatable bonds is 5. The number of allylic oxidation sites excluding steroid dienone is 1. The van der Waals surface area contributed by atoms with E-state index in [9.17, 15) is 27.6 Å². The number of alkyl carbamates (subject to hydrolysis) is 1. The molecule has 0 radical (unpaired) electrons. The molecular weight excluding hydrogens is 562 g/mol. The van der Waals surface area contributed by atoms with Gasteiger partial charge in [-0.25, -0.2) is 9.52 Å². The number of ether oxygens (including phenoxy) is 1. The van der Waals surface area contributed by atoms with E-state index in [0.717, 1.165) is 12.8 Å². The van der Waals surface area contributed by atoms with Crippen LogP contribution in [-0.4, -0.2) is 66.9 Å². The third-order valence-electron chi connectivity index (χ3n) is 7.58. The Morgan fingerprint density at radius 3 is 2.50 bits per heavy atom. The maximum Gasteiger partial charge on any atom is 0.408 e. The fourth-order valence-electron chi connectivity index (χ4n) is 5.44. The second kappa shape index (κ2) is 12.7. The summed E-state index contributed by atoms with van der Waals surface area (Å²) >= 11 is 0. The number of carbonyl (C=O) groups is 4. The Bertz CT molecular complexity index is 1310. The summed E-state index contributed by atoms with van der Waals surface area (Å²) in [6.45, 7) is 5.53. The van der Waals surface area contributed by atoms with E-state index >= 15 is 0 Å². The molecule has 2 heterocycles. The van der Waals surface area contributed by atoms with E-state index in [2.05, 4.69) is 20.1 Å². The van der Waals surface area contributed by atoms with Crippen molar-refractivity contribution in [3.8, 4) is 0 Å². The van der Waals surface area contributed by atoms with Crippen molar-refractivity contribution < 1.29 is 32.3 Å². The number of hydrogen-bond donors (Lipinski definition) is 4. The van der Waals surface area contributed by atoms with Crippen LogP contribution in [0.1, 0.15) is 72.1 Å². The van der Waals surface area contributed by atoms with Gasteiger partial charge >= 0.3 is 16.3 Å². The van der Waals surface area contributed by atoms with Gasteiger partial charge in [0.2, 0.25) is 11.8 Å². The maximum absolute atomic E-state index is 13.7. The summed E-state index contributed by atoms with van der Waals surface area (Å²) in [6.07, 6.45) is 7.68. The minimum Gasteiger partial charge on any atom is -0.444 e. The van der Waals surface area contributed by atoms with E-state index in [1.165, 1.54) is 4.90 Å². The second-order valence-electron chi connectivity index (χ2n) is 12.1. The Hall–Kier alpha value is -3.61. The molecule has 1 saturated carbocycles. The molecule has 2 aliphatic heterocycles. The zero-order valence-corrected chi connectivity index (χ0v) is 25.2. The predicted octanol–water partition coefficient (Wildman–Crippen LogP) is 2.74. The first-order valence-electron chi connectivity index (χ1n) is 14.5. The van der Waals surface area contributed by atoms with Crippen LogP contribution >= 0.6 is 0 Å². The van der Waals surface area contributed by atoms with Crippen molar-refractivity contribution in [1.29, 1.82) is 0 Å². The molecule has 1 saturated heterocycles. The summed E-state index contributed by atoms with van der Waals surface area (Å²) in [7, 11) is -4.28. The molecule has 2 fully saturated rings. The Morgan fingerprint density at radius 1 is 1.05 bits per heavy atom. The molecule has 4 amide bonds. The summed E-state index contributed by atoms with van der Waals surface area (Å²) in [5.41, 5.74) is -1.93. The van der Waals surface area contributed by atoms with Gasteiger partial charge in [0.05, 0.1) is 5.69 Å². The molecule has 3 aliphatic rings. The molecule has 13 heteroatoms. The standard InChI is InChI=1S/C29H41N5O7S/c1-28(2,3)41-27(38)30-22-16-11-6-4-5-8-13-20-19-29(20,31-24(35)23-17-12-18-34(23)25(22)36)26(37)33-42(39,40)32-21-14-9-7-10-15-21/h7-10,13-15,20,22-23,32H,4-6,11-12,16-19H2,1-3H3,(H,30,38)(H,31,35)(H,33,37)/t20-,22+,23?,29-/m1/s1. The summed E-state index contributed by atoms with van der Waals surface area (Å²) in [5.74, 6) is -2.16. The largest absolute Gasteiger partial charge is 0.444 e. The number of carbonyl (C=O) groups excluding carboxylic acids is 4. The normalized spacial score (nSPS) is 26.9. The van der Waals surface area contributed by atoms with Gasteiger partial charge in [0.1, 0.15) is 23.2 Å². The van der Waals surface area contributed by atoms with Crippen LogP contribution in [0.15, 0.2) is 42.5 Å². The molecule has 42 heavy (non-hydrogen) atoms. The van der Waals surface area contributed by atoms with E-state index in [4.69, 9.17) is 4.74 Å². The SMILES string of the molecule is CC(C)(C)OC(=O)N[C@H]1CCCCCC=C[C@@H]2C[C@@]2(C(=O)NS(=O)(=O)Nc2ccccc2)NC(=O)C2CCCN2C1=O. The van der Waals surface area contributed by atoms with Gasteiger partial charge in [-0.15, -0.1) is 0 Å². The van der Waals surface area contributed by atoms with Gasteiger partial charge in [-0.05, 0) is 71.4 Å². The van der Waals surface area contributed by atoms with Crippen molar-refractivity contribution in [2.24, 2.45) is 5.92 Å². The van der Waals surface area contributed by atoms with Crippen molar-refractivity contribution in [2.45, 2.75) is 95.4 Å². The summed E-state index contributed by atoms with van der Waals surface area (Å²) < 4.78 is 35.3. The van der Waals surface area contributed by atoms with Crippen LogP contribution in [-0.2, 0) is 29.3 Å². The summed E-state index contributed by atoms with van der Waals surface area (Å²) in [6, 6.07) is 6.41. The van der Waals surface area contributed by atoms with E-state index in [1.807, 2.05) is 12.2 Å². The lowest BCUT2D eigenvalue weighted by molar-refractivity contribution is -0.141. The number of fused-ring (bicyclic) bond motifs is 2. The highest BCUT2D eigenvalue weighted by Gasteiger charge is 2.61. The van der Waals surface area contributed by atoms with Gasteiger partial charge in [0.15, 0.2) is 0 Å². The number of benzene rings is 1. The van der Waals surface area contributed by atoms with Crippen LogP contribution in [0.4, 0.5) is 10.5 Å². The molecule has 1 aromatic carbocycles. The van der Waals surface area contributed by atoms with Gasteiger partial charge in [-0.2, -0.15) is 8.42 Å². The van der Waals surface area contributed by atoms with Crippen LogP contribution in [0.2, 0.25) is 0 Å². The number of hydrogen-bond acceptors (Lipinski definition) is 7. The quantitative estimate of drug-likeness (QED) is 0.376. The molecule has 12 nitrogen and oxygen atoms in total. The average Bonchev–Trinajstić information content (AvgIpc) is 3.35. The zero-order chi connectivity index (χ0) is 30.5. The minimum absolute atomic E-state index is 0.228. The summed E-state index contributed by atoms with van der Waals surface area (Å²) in [5, 5.41) is 5.50. The summed E-state index contributed by atoms with van der Waals surface area (Å²) in [4.78, 5) is 54.7. The van der Waals surface area contributed by atoms with Gasteiger partial charge in [-0.1, -0.05) is 43.2 Å². The van der Waals surface area contributed by atoms with Gasteiger partial charge in [0.25, 0.3) is 5.91 Å². The van der Waals surface area contributed by atoms with Gasteiger partial charge in [-0.3, -0.25) is 19.1 Å². The van der Waals surface area contributed by atoms with Gasteiger partial charge in [0, 0.05) is 12.5 Å². The molecule has 230 valence electrons. The first-order valence-corrected chi connectivity index (χ1v) is 16.0. The van der Waals surface area contributed by atoms with Crippen LogP contribution in [0, 0.1) is 5.92 Å². The number of amides is 4. The Kier molecular flexibility index (Phi) is 9.49. The van der Waals surface area contributed by atoms with Gasteiger partial charge < -0.3 is 20.3 Å².